The van der Waals surface area contributed by atoms with Gasteiger partial charge in [-0.05, 0) is 51.0 Å². The third-order valence-electron chi connectivity index (χ3n) is 3.81. The molecular weight excluding hydrogens is 342 g/mol. The molecule has 0 aliphatic carbocycles. The highest BCUT2D eigenvalue weighted by molar-refractivity contribution is 7.89. The zero-order chi connectivity index (χ0) is 16.2. The first-order chi connectivity index (χ1) is 10.4. The van der Waals surface area contributed by atoms with Crippen LogP contribution in [0.5, 0.6) is 0 Å². The standard InChI is InChI=1S/C14H21N3O4S.ClH/c1-2-9-16-10-7-12(8-11-16)15-22(20,21)14-5-3-13(4-6-14)17(18)19;/h3-6,12,15H,2,7-11H2,1H3;1H. The van der Waals surface area contributed by atoms with Crippen molar-refractivity contribution in [2.45, 2.75) is 37.1 Å². The number of hydrogen-bond acceptors (Lipinski definition) is 5. The maximum atomic E-state index is 12.3. The zero-order valence-corrected chi connectivity index (χ0v) is 14.6. The molecule has 0 saturated carbocycles. The maximum absolute atomic E-state index is 12.3. The minimum absolute atomic E-state index is 0. The summed E-state index contributed by atoms with van der Waals surface area (Å²) in [4.78, 5) is 12.4. The Balaban J connectivity index is 0.00000264. The van der Waals surface area contributed by atoms with E-state index in [1.165, 1.54) is 24.3 Å². The van der Waals surface area contributed by atoms with Crippen LogP contribution in [-0.4, -0.2) is 43.9 Å². The van der Waals surface area contributed by atoms with Gasteiger partial charge >= 0.3 is 0 Å². The van der Waals surface area contributed by atoms with Crippen molar-refractivity contribution in [1.29, 1.82) is 0 Å². The van der Waals surface area contributed by atoms with Gasteiger partial charge in [0.2, 0.25) is 10.0 Å². The number of benzene rings is 1. The number of nitro benzene ring substituents is 1. The molecule has 0 bridgehead atoms. The smallest absolute Gasteiger partial charge is 0.269 e. The van der Waals surface area contributed by atoms with Crippen molar-refractivity contribution in [3.05, 3.63) is 34.4 Å². The molecular formula is C14H22ClN3O4S. The predicted octanol–water partition coefficient (Wildman–Crippen LogP) is 2.17. The van der Waals surface area contributed by atoms with Gasteiger partial charge in [-0.25, -0.2) is 13.1 Å². The lowest BCUT2D eigenvalue weighted by atomic mass is 10.1. The number of piperidine rings is 1. The van der Waals surface area contributed by atoms with E-state index in [2.05, 4.69) is 16.5 Å². The van der Waals surface area contributed by atoms with Crippen LogP contribution in [0.15, 0.2) is 29.2 Å². The quantitative estimate of drug-likeness (QED) is 0.617. The van der Waals surface area contributed by atoms with Crippen LogP contribution in [0.4, 0.5) is 5.69 Å². The van der Waals surface area contributed by atoms with Gasteiger partial charge in [0, 0.05) is 18.2 Å². The molecule has 0 spiro atoms. The molecule has 1 saturated heterocycles. The number of likely N-dealkylation sites (tertiary alicyclic amines) is 1. The maximum Gasteiger partial charge on any atom is 0.269 e. The molecule has 9 heteroatoms. The molecule has 1 heterocycles. The largest absolute Gasteiger partial charge is 0.303 e. The van der Waals surface area contributed by atoms with Crippen LogP contribution in [-0.2, 0) is 10.0 Å². The molecule has 23 heavy (non-hydrogen) atoms. The third kappa shape index (κ3) is 5.42. The minimum atomic E-state index is -3.62. The minimum Gasteiger partial charge on any atom is -0.303 e. The van der Waals surface area contributed by atoms with Gasteiger partial charge in [-0.1, -0.05) is 6.92 Å². The van der Waals surface area contributed by atoms with Gasteiger partial charge in [-0.15, -0.1) is 12.4 Å². The van der Waals surface area contributed by atoms with Crippen molar-refractivity contribution in [3.63, 3.8) is 0 Å². The Morgan fingerprint density at radius 3 is 2.30 bits per heavy atom. The topological polar surface area (TPSA) is 92.6 Å². The fourth-order valence-electron chi connectivity index (χ4n) is 2.63. The van der Waals surface area contributed by atoms with Crippen LogP contribution >= 0.6 is 12.4 Å². The first-order valence-electron chi connectivity index (χ1n) is 7.41. The molecule has 7 nitrogen and oxygen atoms in total. The van der Waals surface area contributed by atoms with Crippen molar-refractivity contribution in [2.24, 2.45) is 0 Å². The van der Waals surface area contributed by atoms with Crippen molar-refractivity contribution in [2.75, 3.05) is 19.6 Å². The summed E-state index contributed by atoms with van der Waals surface area (Å²) in [6.07, 6.45) is 2.66. The van der Waals surface area contributed by atoms with Crippen molar-refractivity contribution >= 4 is 28.1 Å². The lowest BCUT2D eigenvalue weighted by Crippen LogP contribution is -2.44. The van der Waals surface area contributed by atoms with E-state index in [0.29, 0.717) is 0 Å². The van der Waals surface area contributed by atoms with Crippen molar-refractivity contribution in [3.8, 4) is 0 Å². The second-order valence-electron chi connectivity index (χ2n) is 5.49. The Bertz CT molecular complexity index is 613. The molecule has 0 radical (unpaired) electrons. The number of sulfonamides is 1. The first kappa shape index (κ1) is 19.8. The van der Waals surface area contributed by atoms with Gasteiger partial charge < -0.3 is 4.90 Å². The summed E-state index contributed by atoms with van der Waals surface area (Å²) in [5.41, 5.74) is -0.119. The Labute approximate surface area is 142 Å². The number of nitrogens with one attached hydrogen (secondary N) is 1. The molecule has 1 aliphatic heterocycles. The first-order valence-corrected chi connectivity index (χ1v) is 8.90. The van der Waals surface area contributed by atoms with Crippen LogP contribution in [0.25, 0.3) is 0 Å². The van der Waals surface area contributed by atoms with Crippen molar-refractivity contribution < 1.29 is 13.3 Å². The monoisotopic (exact) mass is 363 g/mol. The van der Waals surface area contributed by atoms with E-state index in [9.17, 15) is 18.5 Å². The van der Waals surface area contributed by atoms with Gasteiger partial charge in [-0.3, -0.25) is 10.1 Å². The Morgan fingerprint density at radius 2 is 1.83 bits per heavy atom. The molecule has 0 unspecified atom stereocenters. The van der Waals surface area contributed by atoms with Crippen LogP contribution in [0.1, 0.15) is 26.2 Å². The number of hydrogen-bond donors (Lipinski definition) is 1. The molecule has 130 valence electrons. The molecule has 1 aliphatic rings. The zero-order valence-electron chi connectivity index (χ0n) is 13.0. The van der Waals surface area contributed by atoms with Gasteiger partial charge in [0.15, 0.2) is 0 Å². The lowest BCUT2D eigenvalue weighted by Gasteiger charge is -2.31. The molecule has 1 aromatic carbocycles. The van der Waals surface area contributed by atoms with Gasteiger partial charge in [0.25, 0.3) is 5.69 Å². The highest BCUT2D eigenvalue weighted by Gasteiger charge is 2.24. The molecule has 1 fully saturated rings. The summed E-state index contributed by atoms with van der Waals surface area (Å²) in [5.74, 6) is 0. The lowest BCUT2D eigenvalue weighted by molar-refractivity contribution is -0.384. The predicted molar refractivity (Wildman–Crippen MR) is 90.4 cm³/mol. The Hall–Kier alpha value is -1.22. The molecule has 0 aromatic heterocycles. The molecule has 0 amide bonds. The van der Waals surface area contributed by atoms with Gasteiger partial charge in [0.05, 0.1) is 9.82 Å². The molecule has 1 aromatic rings. The molecule has 1 N–H and O–H groups in total. The van der Waals surface area contributed by atoms with E-state index in [1.54, 1.807) is 0 Å². The normalized spacial score (nSPS) is 16.7. The summed E-state index contributed by atoms with van der Waals surface area (Å²) >= 11 is 0. The number of rotatable bonds is 6. The van der Waals surface area contributed by atoms with Crippen LogP contribution in [0.3, 0.4) is 0 Å². The van der Waals surface area contributed by atoms with Gasteiger partial charge in [0.1, 0.15) is 0 Å². The van der Waals surface area contributed by atoms with E-state index in [4.69, 9.17) is 0 Å². The summed E-state index contributed by atoms with van der Waals surface area (Å²) in [5, 5.41) is 10.6. The molecule has 0 atom stereocenters. The van der Waals surface area contributed by atoms with Crippen molar-refractivity contribution in [1.82, 2.24) is 9.62 Å². The summed E-state index contributed by atoms with van der Waals surface area (Å²) in [6.45, 7) is 4.95. The summed E-state index contributed by atoms with van der Waals surface area (Å²) < 4.78 is 27.3. The SMILES string of the molecule is CCCN1CCC(NS(=O)(=O)c2ccc([N+](=O)[O-])cc2)CC1.Cl. The number of nitrogens with zero attached hydrogens (tertiary/aromatic N) is 2. The summed E-state index contributed by atoms with van der Waals surface area (Å²) in [7, 11) is -3.62. The third-order valence-corrected chi connectivity index (χ3v) is 5.34. The highest BCUT2D eigenvalue weighted by atomic mass is 35.5. The van der Waals surface area contributed by atoms with E-state index in [0.717, 1.165) is 38.9 Å². The Morgan fingerprint density at radius 1 is 1.26 bits per heavy atom. The van der Waals surface area contributed by atoms with E-state index in [-0.39, 0.29) is 29.0 Å². The average molecular weight is 364 g/mol. The fraction of sp³-hybridized carbons (Fsp3) is 0.571. The molecule has 2 rings (SSSR count). The average Bonchev–Trinajstić information content (AvgIpc) is 2.49. The van der Waals surface area contributed by atoms with Crippen LogP contribution < -0.4 is 4.72 Å². The highest BCUT2D eigenvalue weighted by Crippen LogP contribution is 2.18. The van der Waals surface area contributed by atoms with E-state index < -0.39 is 14.9 Å². The summed E-state index contributed by atoms with van der Waals surface area (Å²) in [6, 6.07) is 4.88. The van der Waals surface area contributed by atoms with E-state index in [1.807, 2.05) is 0 Å². The second kappa shape index (κ2) is 8.58. The van der Waals surface area contributed by atoms with E-state index >= 15 is 0 Å². The van der Waals surface area contributed by atoms with Gasteiger partial charge in [-0.2, -0.15) is 0 Å². The van der Waals surface area contributed by atoms with Crippen LogP contribution in [0.2, 0.25) is 0 Å². The number of halogens is 1. The number of non-ortho nitro benzene ring substituents is 1. The van der Waals surface area contributed by atoms with Crippen LogP contribution in [0, 0.1) is 10.1 Å². The fourth-order valence-corrected chi connectivity index (χ4v) is 3.93. The number of nitro groups is 1. The Kier molecular flexibility index (Phi) is 7.40. The second-order valence-corrected chi connectivity index (χ2v) is 7.20.